The van der Waals surface area contributed by atoms with E-state index < -0.39 is 5.97 Å². The molecule has 2 aromatic rings. The van der Waals surface area contributed by atoms with Crippen molar-refractivity contribution in [1.29, 1.82) is 0 Å². The zero-order valence-electron chi connectivity index (χ0n) is 12.6. The second-order valence-electron chi connectivity index (χ2n) is 6.16. The average Bonchev–Trinajstić information content (AvgIpc) is 3.12. The Morgan fingerprint density at radius 2 is 1.83 bits per heavy atom. The van der Waals surface area contributed by atoms with Gasteiger partial charge in [0.25, 0.3) is 0 Å². The summed E-state index contributed by atoms with van der Waals surface area (Å²) < 4.78 is 0. The molecule has 2 aromatic carbocycles. The molecule has 2 aliphatic rings. The number of carboxylic acids is 1. The first-order chi connectivity index (χ1) is 11.1. The van der Waals surface area contributed by atoms with Gasteiger partial charge < -0.3 is 5.11 Å². The van der Waals surface area contributed by atoms with E-state index in [9.17, 15) is 14.7 Å². The molecule has 0 amide bonds. The Hall–Kier alpha value is -2.68. The van der Waals surface area contributed by atoms with Crippen molar-refractivity contribution in [1.82, 2.24) is 0 Å². The van der Waals surface area contributed by atoms with Crippen molar-refractivity contribution in [3.63, 3.8) is 0 Å². The number of fused-ring (bicyclic) bond motifs is 3. The highest BCUT2D eigenvalue weighted by molar-refractivity contribution is 6.17. The van der Waals surface area contributed by atoms with E-state index >= 15 is 0 Å². The molecule has 0 aromatic heterocycles. The predicted octanol–water partition coefficient (Wildman–Crippen LogP) is 3.70. The number of hydrogen-bond acceptors (Lipinski definition) is 2. The van der Waals surface area contributed by atoms with E-state index in [0.717, 1.165) is 30.4 Å². The lowest BCUT2D eigenvalue weighted by atomic mass is 9.99. The zero-order valence-corrected chi connectivity index (χ0v) is 12.6. The van der Waals surface area contributed by atoms with Crippen molar-refractivity contribution >= 4 is 17.8 Å². The molecule has 2 aliphatic carbocycles. The molecule has 0 spiro atoms. The van der Waals surface area contributed by atoms with Crippen molar-refractivity contribution < 1.29 is 14.7 Å². The van der Waals surface area contributed by atoms with Gasteiger partial charge in [-0.25, -0.2) is 4.79 Å². The molecular formula is C20H16O3. The monoisotopic (exact) mass is 304 g/mol. The standard InChI is InChI=1S/C20H16O3/c21-19-15(10-13-4-1-2-6-17(13)20(22)23)11-14-9-8-12-5-3-7-16(12)18(14)19/h1-2,4,6,8-10H,3,5,7,11H2,(H,22,23). The normalized spacial score (nSPS) is 17.4. The van der Waals surface area contributed by atoms with Crippen molar-refractivity contribution in [3.8, 4) is 0 Å². The molecule has 3 nitrogen and oxygen atoms in total. The summed E-state index contributed by atoms with van der Waals surface area (Å²) in [6.45, 7) is 0. The van der Waals surface area contributed by atoms with Crippen LogP contribution in [0.15, 0.2) is 42.0 Å². The van der Waals surface area contributed by atoms with Gasteiger partial charge in [0.1, 0.15) is 0 Å². The third-order valence-electron chi connectivity index (χ3n) is 4.79. The fourth-order valence-corrected chi connectivity index (χ4v) is 3.71. The Kier molecular flexibility index (Phi) is 3.15. The smallest absolute Gasteiger partial charge is 0.336 e. The van der Waals surface area contributed by atoms with Crippen LogP contribution in [0.1, 0.15) is 49.4 Å². The maximum absolute atomic E-state index is 12.8. The van der Waals surface area contributed by atoms with Crippen molar-refractivity contribution in [2.45, 2.75) is 25.7 Å². The molecule has 0 saturated heterocycles. The van der Waals surface area contributed by atoms with E-state index in [-0.39, 0.29) is 11.3 Å². The lowest BCUT2D eigenvalue weighted by molar-refractivity contribution is 0.0696. The molecule has 0 unspecified atom stereocenters. The molecular weight excluding hydrogens is 288 g/mol. The molecule has 1 N–H and O–H groups in total. The van der Waals surface area contributed by atoms with Gasteiger partial charge in [0, 0.05) is 17.6 Å². The SMILES string of the molecule is O=C(O)c1ccccc1C=C1Cc2ccc3c(c2C1=O)CCC3. The van der Waals surface area contributed by atoms with Gasteiger partial charge in [-0.1, -0.05) is 30.3 Å². The Bertz CT molecular complexity index is 874. The topological polar surface area (TPSA) is 54.4 Å². The number of carbonyl (C=O) groups excluding carboxylic acids is 1. The maximum atomic E-state index is 12.8. The van der Waals surface area contributed by atoms with Crippen molar-refractivity contribution in [3.05, 3.63) is 75.4 Å². The van der Waals surface area contributed by atoms with Gasteiger partial charge in [-0.3, -0.25) is 4.79 Å². The number of Topliss-reactive ketones (excluding diaryl/α,β-unsaturated/α-hetero) is 1. The molecule has 0 radical (unpaired) electrons. The molecule has 3 heteroatoms. The average molecular weight is 304 g/mol. The molecule has 23 heavy (non-hydrogen) atoms. The second kappa shape index (κ2) is 5.20. The fourth-order valence-electron chi connectivity index (χ4n) is 3.71. The summed E-state index contributed by atoms with van der Waals surface area (Å²) in [6, 6.07) is 11.0. The summed E-state index contributed by atoms with van der Waals surface area (Å²) in [5.41, 5.74) is 5.97. The molecule has 0 saturated carbocycles. The summed E-state index contributed by atoms with van der Waals surface area (Å²) >= 11 is 0. The van der Waals surface area contributed by atoms with Crippen LogP contribution in [0.25, 0.3) is 6.08 Å². The first kappa shape index (κ1) is 13.9. The molecule has 114 valence electrons. The molecule has 0 atom stereocenters. The Morgan fingerprint density at radius 3 is 2.65 bits per heavy atom. The first-order valence-electron chi connectivity index (χ1n) is 7.86. The number of carboxylic acid groups (broad SMARTS) is 1. The van der Waals surface area contributed by atoms with Crippen LogP contribution >= 0.6 is 0 Å². The van der Waals surface area contributed by atoms with Gasteiger partial charge in [-0.15, -0.1) is 0 Å². The Balaban J connectivity index is 1.79. The van der Waals surface area contributed by atoms with E-state index in [0.29, 0.717) is 17.6 Å². The third-order valence-corrected chi connectivity index (χ3v) is 4.79. The van der Waals surface area contributed by atoms with Crippen LogP contribution < -0.4 is 0 Å². The highest BCUT2D eigenvalue weighted by Gasteiger charge is 2.30. The van der Waals surface area contributed by atoms with E-state index in [1.54, 1.807) is 30.3 Å². The Morgan fingerprint density at radius 1 is 1.04 bits per heavy atom. The fraction of sp³-hybridized carbons (Fsp3) is 0.200. The van der Waals surface area contributed by atoms with E-state index in [4.69, 9.17) is 0 Å². The number of aromatic carboxylic acids is 1. The van der Waals surface area contributed by atoms with Crippen LogP contribution in [0.5, 0.6) is 0 Å². The zero-order chi connectivity index (χ0) is 16.0. The number of benzene rings is 2. The van der Waals surface area contributed by atoms with Gasteiger partial charge in [0.15, 0.2) is 5.78 Å². The Labute approximate surface area is 134 Å². The number of allylic oxidation sites excluding steroid dienone is 1. The number of aryl methyl sites for hydroxylation is 1. The minimum absolute atomic E-state index is 0.0685. The lowest BCUT2D eigenvalue weighted by Crippen LogP contribution is -2.02. The number of ketones is 1. The van der Waals surface area contributed by atoms with Crippen LogP contribution in [-0.2, 0) is 19.3 Å². The maximum Gasteiger partial charge on any atom is 0.336 e. The largest absolute Gasteiger partial charge is 0.478 e. The van der Waals surface area contributed by atoms with E-state index in [2.05, 4.69) is 12.1 Å². The van der Waals surface area contributed by atoms with Crippen LogP contribution in [0.4, 0.5) is 0 Å². The minimum atomic E-state index is -0.971. The van der Waals surface area contributed by atoms with Crippen LogP contribution in [-0.4, -0.2) is 16.9 Å². The van der Waals surface area contributed by atoms with Crippen molar-refractivity contribution in [2.24, 2.45) is 0 Å². The first-order valence-corrected chi connectivity index (χ1v) is 7.86. The van der Waals surface area contributed by atoms with Gasteiger partial charge in [0.2, 0.25) is 0 Å². The number of hydrogen-bond donors (Lipinski definition) is 1. The van der Waals surface area contributed by atoms with E-state index in [1.165, 1.54) is 11.1 Å². The minimum Gasteiger partial charge on any atom is -0.478 e. The third kappa shape index (κ3) is 2.20. The molecule has 0 aliphatic heterocycles. The van der Waals surface area contributed by atoms with Crippen LogP contribution in [0.2, 0.25) is 0 Å². The van der Waals surface area contributed by atoms with Crippen LogP contribution in [0, 0.1) is 0 Å². The van der Waals surface area contributed by atoms with Crippen LogP contribution in [0.3, 0.4) is 0 Å². The summed E-state index contributed by atoms with van der Waals surface area (Å²) in [7, 11) is 0. The number of rotatable bonds is 2. The van der Waals surface area contributed by atoms with E-state index in [1.807, 2.05) is 0 Å². The summed E-state index contributed by atoms with van der Waals surface area (Å²) in [5, 5.41) is 9.29. The quantitative estimate of drug-likeness (QED) is 0.861. The highest BCUT2D eigenvalue weighted by Crippen LogP contribution is 2.36. The number of carbonyl (C=O) groups is 2. The van der Waals surface area contributed by atoms with Crippen molar-refractivity contribution in [2.75, 3.05) is 0 Å². The molecule has 4 rings (SSSR count). The molecule has 0 heterocycles. The highest BCUT2D eigenvalue weighted by atomic mass is 16.4. The molecule has 0 fully saturated rings. The van der Waals surface area contributed by atoms with Gasteiger partial charge in [-0.05, 0) is 53.7 Å². The lowest BCUT2D eigenvalue weighted by Gasteiger charge is -2.05. The summed E-state index contributed by atoms with van der Waals surface area (Å²) in [5.74, 6) is -0.903. The van der Waals surface area contributed by atoms with Gasteiger partial charge in [0.05, 0.1) is 5.56 Å². The second-order valence-corrected chi connectivity index (χ2v) is 6.16. The molecule has 0 bridgehead atoms. The summed E-state index contributed by atoms with van der Waals surface area (Å²) in [4.78, 5) is 24.2. The van der Waals surface area contributed by atoms with Gasteiger partial charge in [-0.2, -0.15) is 0 Å². The predicted molar refractivity (Wildman–Crippen MR) is 87.9 cm³/mol. The van der Waals surface area contributed by atoms with Gasteiger partial charge >= 0.3 is 5.97 Å². The summed E-state index contributed by atoms with van der Waals surface area (Å²) in [6.07, 6.45) is 5.47.